The van der Waals surface area contributed by atoms with Gasteiger partial charge in [0.1, 0.15) is 6.10 Å². The molecule has 0 saturated carbocycles. The molecule has 92 valence electrons. The van der Waals surface area contributed by atoms with Crippen LogP contribution in [0.3, 0.4) is 0 Å². The van der Waals surface area contributed by atoms with Crippen molar-refractivity contribution in [3.63, 3.8) is 0 Å². The Balaban J connectivity index is 2.03. The number of hydrogen-bond donors (Lipinski definition) is 2. The summed E-state index contributed by atoms with van der Waals surface area (Å²) in [5.41, 5.74) is 2.79. The van der Waals surface area contributed by atoms with Gasteiger partial charge >= 0.3 is 0 Å². The molecule has 2 aromatic heterocycles. The third kappa shape index (κ3) is 1.71. The van der Waals surface area contributed by atoms with Crippen molar-refractivity contribution < 1.29 is 5.11 Å². The van der Waals surface area contributed by atoms with E-state index in [-0.39, 0.29) is 0 Å². The fourth-order valence-corrected chi connectivity index (χ4v) is 2.24. The van der Waals surface area contributed by atoms with E-state index >= 15 is 0 Å². The smallest absolute Gasteiger partial charge is 0.121 e. The predicted molar refractivity (Wildman–Crippen MR) is 70.3 cm³/mol. The fraction of sp³-hybridized carbons (Fsp3) is 0.214. The van der Waals surface area contributed by atoms with Gasteiger partial charge in [-0.05, 0) is 36.1 Å². The first-order chi connectivity index (χ1) is 8.79. The van der Waals surface area contributed by atoms with Crippen LogP contribution >= 0.6 is 0 Å². The van der Waals surface area contributed by atoms with Crippen molar-refractivity contribution in [1.29, 1.82) is 0 Å². The number of aromatic amines is 1. The molecule has 3 rings (SSSR count). The van der Waals surface area contributed by atoms with E-state index in [1.807, 2.05) is 42.0 Å². The number of benzene rings is 1. The third-order valence-corrected chi connectivity index (χ3v) is 3.26. The molecule has 1 atom stereocenters. The fourth-order valence-electron chi connectivity index (χ4n) is 2.24. The summed E-state index contributed by atoms with van der Waals surface area (Å²) in [6, 6.07) is 7.93. The Labute approximate surface area is 105 Å². The molecule has 0 aliphatic heterocycles. The molecule has 2 heterocycles. The molecule has 0 aliphatic rings. The van der Waals surface area contributed by atoms with Gasteiger partial charge in [-0.1, -0.05) is 6.07 Å². The lowest BCUT2D eigenvalue weighted by molar-refractivity contribution is 0.210. The molecule has 0 saturated heterocycles. The average Bonchev–Trinajstić information content (AvgIpc) is 3.05. The number of nitrogens with one attached hydrogen (secondary N) is 1. The lowest BCUT2D eigenvalue weighted by Crippen LogP contribution is -2.07. The zero-order chi connectivity index (χ0) is 12.5. The van der Waals surface area contributed by atoms with E-state index in [2.05, 4.69) is 9.97 Å². The number of aliphatic hydroxyl groups excluding tert-OH is 1. The monoisotopic (exact) mass is 241 g/mol. The summed E-state index contributed by atoms with van der Waals surface area (Å²) in [7, 11) is 0. The first-order valence-corrected chi connectivity index (χ1v) is 6.04. The van der Waals surface area contributed by atoms with Gasteiger partial charge in [-0.15, -0.1) is 0 Å². The van der Waals surface area contributed by atoms with Crippen LogP contribution in [-0.4, -0.2) is 19.6 Å². The highest BCUT2D eigenvalue weighted by Crippen LogP contribution is 2.24. The van der Waals surface area contributed by atoms with Gasteiger partial charge in [-0.25, -0.2) is 4.98 Å². The number of H-pyrrole nitrogens is 1. The third-order valence-electron chi connectivity index (χ3n) is 3.26. The number of rotatable bonds is 3. The highest BCUT2D eigenvalue weighted by Gasteiger charge is 2.15. The van der Waals surface area contributed by atoms with Crippen molar-refractivity contribution in [1.82, 2.24) is 14.5 Å². The topological polar surface area (TPSA) is 53.8 Å². The molecule has 4 heteroatoms. The van der Waals surface area contributed by atoms with Crippen LogP contribution in [0.4, 0.5) is 0 Å². The Bertz CT molecular complexity index is 668. The second-order valence-electron chi connectivity index (χ2n) is 4.33. The van der Waals surface area contributed by atoms with Crippen molar-refractivity contribution in [2.45, 2.75) is 19.6 Å². The van der Waals surface area contributed by atoms with Crippen LogP contribution in [0.2, 0.25) is 0 Å². The Kier molecular flexibility index (Phi) is 2.64. The Morgan fingerprint density at radius 2 is 2.28 bits per heavy atom. The van der Waals surface area contributed by atoms with Crippen LogP contribution in [0.15, 0.2) is 43.0 Å². The van der Waals surface area contributed by atoms with E-state index in [9.17, 15) is 5.11 Å². The van der Waals surface area contributed by atoms with Gasteiger partial charge in [0.2, 0.25) is 0 Å². The van der Waals surface area contributed by atoms with E-state index in [4.69, 9.17) is 0 Å². The zero-order valence-electron chi connectivity index (χ0n) is 10.2. The first kappa shape index (κ1) is 11.0. The van der Waals surface area contributed by atoms with Crippen molar-refractivity contribution in [3.05, 3.63) is 54.2 Å². The number of aryl methyl sites for hydroxylation is 1. The molecule has 2 N–H and O–H groups in total. The van der Waals surface area contributed by atoms with Crippen LogP contribution in [-0.2, 0) is 6.54 Å². The Morgan fingerprint density at radius 3 is 3.11 bits per heavy atom. The number of fused-ring (bicyclic) bond motifs is 1. The molecule has 0 fully saturated rings. The standard InChI is InChI=1S/C14H15N3O/c1-2-17-9-15-8-13(17)14(18)11-3-4-12-10(7-11)5-6-16-12/h3-9,14,16,18H,2H2,1H3. The molecule has 1 unspecified atom stereocenters. The number of nitrogens with zero attached hydrogens (tertiary/aromatic N) is 2. The van der Waals surface area contributed by atoms with Gasteiger partial charge in [0.15, 0.2) is 0 Å². The van der Waals surface area contributed by atoms with Crippen molar-refractivity contribution >= 4 is 10.9 Å². The summed E-state index contributed by atoms with van der Waals surface area (Å²) in [4.78, 5) is 7.23. The van der Waals surface area contributed by atoms with Crippen molar-refractivity contribution in [2.75, 3.05) is 0 Å². The van der Waals surface area contributed by atoms with Crippen LogP contribution in [0.25, 0.3) is 10.9 Å². The average molecular weight is 241 g/mol. The van der Waals surface area contributed by atoms with E-state index in [0.717, 1.165) is 28.7 Å². The molecule has 0 bridgehead atoms. The SMILES string of the molecule is CCn1cncc1C(O)c1ccc2[nH]ccc2c1. The highest BCUT2D eigenvalue weighted by atomic mass is 16.3. The minimum atomic E-state index is -0.633. The number of imidazole rings is 1. The first-order valence-electron chi connectivity index (χ1n) is 6.04. The summed E-state index contributed by atoms with van der Waals surface area (Å²) in [5, 5.41) is 11.5. The molecule has 18 heavy (non-hydrogen) atoms. The largest absolute Gasteiger partial charge is 0.382 e. The lowest BCUT2D eigenvalue weighted by Gasteiger charge is -2.13. The van der Waals surface area contributed by atoms with E-state index < -0.39 is 6.10 Å². The zero-order valence-corrected chi connectivity index (χ0v) is 10.2. The van der Waals surface area contributed by atoms with Crippen LogP contribution in [0.1, 0.15) is 24.3 Å². The molecular formula is C14H15N3O. The summed E-state index contributed by atoms with van der Waals surface area (Å²) in [6.07, 6.45) is 4.73. The van der Waals surface area contributed by atoms with Gasteiger partial charge in [-0.2, -0.15) is 0 Å². The van der Waals surface area contributed by atoms with E-state index in [1.165, 1.54) is 0 Å². The molecule has 0 aliphatic carbocycles. The summed E-state index contributed by atoms with van der Waals surface area (Å²) in [6.45, 7) is 2.84. The van der Waals surface area contributed by atoms with Crippen LogP contribution in [0.5, 0.6) is 0 Å². The second-order valence-corrected chi connectivity index (χ2v) is 4.33. The van der Waals surface area contributed by atoms with Crippen molar-refractivity contribution in [3.8, 4) is 0 Å². The maximum atomic E-state index is 10.4. The van der Waals surface area contributed by atoms with E-state index in [0.29, 0.717) is 0 Å². The minimum absolute atomic E-state index is 0.633. The van der Waals surface area contributed by atoms with Crippen LogP contribution in [0, 0.1) is 0 Å². The summed E-state index contributed by atoms with van der Waals surface area (Å²) in [5.74, 6) is 0. The van der Waals surface area contributed by atoms with Gasteiger partial charge in [0, 0.05) is 18.3 Å². The molecule has 0 spiro atoms. The number of aliphatic hydroxyl groups is 1. The van der Waals surface area contributed by atoms with Crippen molar-refractivity contribution in [2.24, 2.45) is 0 Å². The molecule has 0 radical (unpaired) electrons. The molecule has 3 aromatic rings. The Morgan fingerprint density at radius 1 is 1.39 bits per heavy atom. The van der Waals surface area contributed by atoms with Gasteiger partial charge < -0.3 is 14.7 Å². The lowest BCUT2D eigenvalue weighted by atomic mass is 10.1. The maximum Gasteiger partial charge on any atom is 0.121 e. The normalized spacial score (nSPS) is 13.0. The van der Waals surface area contributed by atoms with Gasteiger partial charge in [-0.3, -0.25) is 0 Å². The van der Waals surface area contributed by atoms with Crippen LogP contribution < -0.4 is 0 Å². The predicted octanol–water partition coefficient (Wildman–Crippen LogP) is 2.47. The van der Waals surface area contributed by atoms with Gasteiger partial charge in [0.25, 0.3) is 0 Å². The summed E-state index contributed by atoms with van der Waals surface area (Å²) >= 11 is 0. The minimum Gasteiger partial charge on any atom is -0.382 e. The molecule has 1 aromatic carbocycles. The molecule has 4 nitrogen and oxygen atoms in total. The van der Waals surface area contributed by atoms with Gasteiger partial charge in [0.05, 0.1) is 18.2 Å². The summed E-state index contributed by atoms with van der Waals surface area (Å²) < 4.78 is 1.95. The number of aromatic nitrogens is 3. The maximum absolute atomic E-state index is 10.4. The molecular weight excluding hydrogens is 226 g/mol. The molecule has 0 amide bonds. The highest BCUT2D eigenvalue weighted by molar-refractivity contribution is 5.80. The van der Waals surface area contributed by atoms with E-state index in [1.54, 1.807) is 12.5 Å². The Hall–Kier alpha value is -2.07. The quantitative estimate of drug-likeness (QED) is 0.740. The number of hydrogen-bond acceptors (Lipinski definition) is 2. The second kappa shape index (κ2) is 4.31.